The van der Waals surface area contributed by atoms with Gasteiger partial charge in [0.05, 0.1) is 6.42 Å². The van der Waals surface area contributed by atoms with Crippen LogP contribution in [0.5, 0.6) is 0 Å². The number of carboxylic acids is 1. The quantitative estimate of drug-likeness (QED) is 0.739. The standard InChI is InChI=1S/C10H19NO2S/c1-2-3-4-9(7-10(12)13)11-5-6-14-8-11/h9H,2-8H2,1H3,(H,12,13). The average molecular weight is 217 g/mol. The third-order valence-corrected chi connectivity index (χ3v) is 3.58. The van der Waals surface area contributed by atoms with Gasteiger partial charge in [-0.15, -0.1) is 11.8 Å². The van der Waals surface area contributed by atoms with Crippen molar-refractivity contribution < 1.29 is 9.90 Å². The normalized spacial score (nSPS) is 19.8. The van der Waals surface area contributed by atoms with E-state index in [0.29, 0.717) is 6.42 Å². The lowest BCUT2D eigenvalue weighted by Gasteiger charge is -2.25. The predicted octanol–water partition coefficient (Wildman–Crippen LogP) is 2.03. The van der Waals surface area contributed by atoms with Crippen LogP contribution in [-0.4, -0.2) is 40.2 Å². The maximum absolute atomic E-state index is 10.7. The van der Waals surface area contributed by atoms with Gasteiger partial charge in [0.25, 0.3) is 0 Å². The second-order valence-electron chi connectivity index (χ2n) is 3.74. The number of rotatable bonds is 6. The Labute approximate surface area is 89.9 Å². The molecule has 1 saturated heterocycles. The Morgan fingerprint density at radius 3 is 2.93 bits per heavy atom. The Kier molecular flexibility index (Phi) is 5.33. The molecule has 0 radical (unpaired) electrons. The van der Waals surface area contributed by atoms with Gasteiger partial charge in [-0.2, -0.15) is 0 Å². The number of carbonyl (C=O) groups is 1. The van der Waals surface area contributed by atoms with Crippen molar-refractivity contribution in [3.05, 3.63) is 0 Å². The highest BCUT2D eigenvalue weighted by molar-refractivity contribution is 7.99. The molecule has 0 aromatic heterocycles. The minimum absolute atomic E-state index is 0.266. The van der Waals surface area contributed by atoms with Crippen LogP contribution in [0.2, 0.25) is 0 Å². The molecule has 0 aromatic rings. The van der Waals surface area contributed by atoms with Crippen LogP contribution >= 0.6 is 11.8 Å². The molecule has 1 heterocycles. The number of carboxylic acid groups (broad SMARTS) is 1. The van der Waals surface area contributed by atoms with E-state index in [4.69, 9.17) is 5.11 Å². The molecule has 1 rings (SSSR count). The summed E-state index contributed by atoms with van der Waals surface area (Å²) in [6.07, 6.45) is 3.63. The first-order valence-electron chi connectivity index (χ1n) is 5.27. The van der Waals surface area contributed by atoms with Crippen LogP contribution in [0.3, 0.4) is 0 Å². The highest BCUT2D eigenvalue weighted by Crippen LogP contribution is 2.21. The van der Waals surface area contributed by atoms with Gasteiger partial charge in [0.2, 0.25) is 0 Å². The minimum atomic E-state index is -0.664. The summed E-state index contributed by atoms with van der Waals surface area (Å²) in [5.74, 6) is 1.51. The van der Waals surface area contributed by atoms with E-state index in [1.807, 2.05) is 11.8 Å². The number of unbranched alkanes of at least 4 members (excludes halogenated alkanes) is 1. The maximum atomic E-state index is 10.7. The van der Waals surface area contributed by atoms with E-state index in [0.717, 1.165) is 37.4 Å². The van der Waals surface area contributed by atoms with Gasteiger partial charge in [0, 0.05) is 24.2 Å². The van der Waals surface area contributed by atoms with Gasteiger partial charge in [0.1, 0.15) is 0 Å². The van der Waals surface area contributed by atoms with Gasteiger partial charge >= 0.3 is 5.97 Å². The molecular weight excluding hydrogens is 198 g/mol. The van der Waals surface area contributed by atoms with Crippen molar-refractivity contribution in [3.63, 3.8) is 0 Å². The van der Waals surface area contributed by atoms with Crippen LogP contribution in [0.15, 0.2) is 0 Å². The van der Waals surface area contributed by atoms with E-state index in [9.17, 15) is 4.79 Å². The summed E-state index contributed by atoms with van der Waals surface area (Å²) in [7, 11) is 0. The third kappa shape index (κ3) is 3.88. The second-order valence-corrected chi connectivity index (χ2v) is 4.82. The van der Waals surface area contributed by atoms with Crippen LogP contribution in [0, 0.1) is 0 Å². The molecule has 1 fully saturated rings. The van der Waals surface area contributed by atoms with E-state index >= 15 is 0 Å². The van der Waals surface area contributed by atoms with Gasteiger partial charge in [-0.3, -0.25) is 9.69 Å². The first kappa shape index (κ1) is 11.9. The number of hydrogen-bond acceptors (Lipinski definition) is 3. The van der Waals surface area contributed by atoms with Crippen LogP contribution in [0.1, 0.15) is 32.6 Å². The fourth-order valence-electron chi connectivity index (χ4n) is 1.77. The highest BCUT2D eigenvalue weighted by Gasteiger charge is 2.23. The molecule has 1 aliphatic rings. The second kappa shape index (κ2) is 6.30. The largest absolute Gasteiger partial charge is 0.481 e. The number of hydrogen-bond donors (Lipinski definition) is 1. The van der Waals surface area contributed by atoms with E-state index < -0.39 is 5.97 Å². The molecule has 14 heavy (non-hydrogen) atoms. The smallest absolute Gasteiger partial charge is 0.304 e. The topological polar surface area (TPSA) is 40.5 Å². The summed E-state index contributed by atoms with van der Waals surface area (Å²) in [6, 6.07) is 0.266. The van der Waals surface area contributed by atoms with Crippen molar-refractivity contribution in [2.75, 3.05) is 18.2 Å². The average Bonchev–Trinajstić information content (AvgIpc) is 2.64. The Balaban J connectivity index is 2.37. The van der Waals surface area contributed by atoms with Crippen molar-refractivity contribution in [1.82, 2.24) is 4.90 Å². The number of nitrogens with zero attached hydrogens (tertiary/aromatic N) is 1. The molecule has 0 amide bonds. The fraction of sp³-hybridized carbons (Fsp3) is 0.900. The highest BCUT2D eigenvalue weighted by atomic mass is 32.2. The van der Waals surface area contributed by atoms with Crippen molar-refractivity contribution in [1.29, 1.82) is 0 Å². The summed E-state index contributed by atoms with van der Waals surface area (Å²) in [6.45, 7) is 3.21. The Morgan fingerprint density at radius 2 is 2.43 bits per heavy atom. The van der Waals surface area contributed by atoms with Crippen molar-refractivity contribution in [2.24, 2.45) is 0 Å². The monoisotopic (exact) mass is 217 g/mol. The Hall–Kier alpha value is -0.220. The van der Waals surface area contributed by atoms with Crippen molar-refractivity contribution in [2.45, 2.75) is 38.6 Å². The molecule has 1 atom stereocenters. The van der Waals surface area contributed by atoms with Crippen molar-refractivity contribution in [3.8, 4) is 0 Å². The summed E-state index contributed by atoms with van der Waals surface area (Å²) >= 11 is 1.90. The van der Waals surface area contributed by atoms with Gasteiger partial charge in [-0.05, 0) is 6.42 Å². The lowest BCUT2D eigenvalue weighted by Crippen LogP contribution is -2.34. The molecule has 0 aromatic carbocycles. The number of aliphatic carboxylic acids is 1. The summed E-state index contributed by atoms with van der Waals surface area (Å²) < 4.78 is 0. The molecule has 0 saturated carbocycles. The molecule has 4 heteroatoms. The first-order chi connectivity index (χ1) is 6.74. The molecule has 1 aliphatic heterocycles. The SMILES string of the molecule is CCCCC(CC(=O)O)N1CCSC1. The molecular formula is C10H19NO2S. The lowest BCUT2D eigenvalue weighted by atomic mass is 10.1. The first-order valence-corrected chi connectivity index (χ1v) is 6.43. The Morgan fingerprint density at radius 1 is 1.64 bits per heavy atom. The van der Waals surface area contributed by atoms with E-state index in [2.05, 4.69) is 11.8 Å². The van der Waals surface area contributed by atoms with Crippen molar-refractivity contribution >= 4 is 17.7 Å². The molecule has 82 valence electrons. The number of thioether (sulfide) groups is 1. The summed E-state index contributed by atoms with van der Waals surface area (Å²) in [5, 5.41) is 8.81. The molecule has 1 unspecified atom stereocenters. The van der Waals surface area contributed by atoms with Gasteiger partial charge in [-0.1, -0.05) is 19.8 Å². The zero-order valence-electron chi connectivity index (χ0n) is 8.74. The van der Waals surface area contributed by atoms with Crippen LogP contribution < -0.4 is 0 Å². The zero-order chi connectivity index (χ0) is 10.4. The van der Waals surface area contributed by atoms with E-state index in [1.54, 1.807) is 0 Å². The lowest BCUT2D eigenvalue weighted by molar-refractivity contribution is -0.138. The zero-order valence-corrected chi connectivity index (χ0v) is 9.55. The van der Waals surface area contributed by atoms with E-state index in [-0.39, 0.29) is 6.04 Å². The molecule has 0 aliphatic carbocycles. The fourth-order valence-corrected chi connectivity index (χ4v) is 2.84. The molecule has 1 N–H and O–H groups in total. The van der Waals surface area contributed by atoms with Crippen LogP contribution in [0.25, 0.3) is 0 Å². The summed E-state index contributed by atoms with van der Waals surface area (Å²) in [5.41, 5.74) is 0. The van der Waals surface area contributed by atoms with Gasteiger partial charge in [0.15, 0.2) is 0 Å². The molecule has 3 nitrogen and oxygen atoms in total. The van der Waals surface area contributed by atoms with Gasteiger partial charge < -0.3 is 5.11 Å². The summed E-state index contributed by atoms with van der Waals surface area (Å²) in [4.78, 5) is 13.0. The predicted molar refractivity (Wildman–Crippen MR) is 59.6 cm³/mol. The Bertz CT molecular complexity index is 181. The third-order valence-electron chi connectivity index (χ3n) is 2.60. The molecule has 0 spiro atoms. The van der Waals surface area contributed by atoms with Crippen LogP contribution in [0.4, 0.5) is 0 Å². The minimum Gasteiger partial charge on any atom is -0.481 e. The van der Waals surface area contributed by atoms with Gasteiger partial charge in [-0.25, -0.2) is 0 Å². The maximum Gasteiger partial charge on any atom is 0.304 e. The van der Waals surface area contributed by atoms with E-state index in [1.165, 1.54) is 0 Å². The van der Waals surface area contributed by atoms with Crippen LogP contribution in [-0.2, 0) is 4.79 Å². The molecule has 0 bridgehead atoms.